The monoisotopic (exact) mass is 277 g/mol. The highest BCUT2D eigenvalue weighted by Crippen LogP contribution is 2.18. The Labute approximate surface area is 120 Å². The maximum absolute atomic E-state index is 11.8. The van der Waals surface area contributed by atoms with E-state index in [1.54, 1.807) is 0 Å². The van der Waals surface area contributed by atoms with Crippen LogP contribution in [0, 0.1) is 5.92 Å². The third-order valence-corrected chi connectivity index (χ3v) is 3.13. The summed E-state index contributed by atoms with van der Waals surface area (Å²) in [7, 11) is 0. The molecular weight excluding hydrogens is 254 g/mol. The molecule has 4 heteroatoms. The number of benzene rings is 1. The molecule has 1 N–H and O–H groups in total. The molecule has 0 saturated carbocycles. The minimum Gasteiger partial charge on any atom is -0.483 e. The van der Waals surface area contributed by atoms with Gasteiger partial charge in [-0.3, -0.25) is 9.59 Å². The molecule has 0 aliphatic heterocycles. The molecule has 20 heavy (non-hydrogen) atoms. The summed E-state index contributed by atoms with van der Waals surface area (Å²) in [5, 5.41) is 2.71. The molecule has 0 radical (unpaired) electrons. The van der Waals surface area contributed by atoms with E-state index in [2.05, 4.69) is 5.32 Å². The van der Waals surface area contributed by atoms with Gasteiger partial charge >= 0.3 is 0 Å². The largest absolute Gasteiger partial charge is 0.483 e. The third kappa shape index (κ3) is 4.68. The number of hydrogen-bond donors (Lipinski definition) is 1. The molecule has 0 aliphatic rings. The summed E-state index contributed by atoms with van der Waals surface area (Å²) < 4.78 is 5.53. The van der Waals surface area contributed by atoms with E-state index in [4.69, 9.17) is 4.74 Å². The number of aryl methyl sites for hydroxylation is 1. The molecule has 1 aromatic carbocycles. The van der Waals surface area contributed by atoms with Crippen molar-refractivity contribution in [3.8, 4) is 5.75 Å². The smallest absolute Gasteiger partial charge is 0.258 e. The summed E-state index contributed by atoms with van der Waals surface area (Å²) in [5.74, 6) is 0.473. The predicted molar refractivity (Wildman–Crippen MR) is 78.8 cm³/mol. The molecule has 1 aromatic rings. The van der Waals surface area contributed by atoms with Crippen LogP contribution < -0.4 is 10.1 Å². The molecule has 0 spiro atoms. The molecule has 1 rings (SSSR count). The van der Waals surface area contributed by atoms with E-state index in [0.717, 1.165) is 12.0 Å². The van der Waals surface area contributed by atoms with Crippen molar-refractivity contribution in [1.82, 2.24) is 5.32 Å². The third-order valence-electron chi connectivity index (χ3n) is 3.13. The van der Waals surface area contributed by atoms with Crippen molar-refractivity contribution in [2.24, 2.45) is 5.92 Å². The number of carbonyl (C=O) groups excluding carboxylic acids is 2. The zero-order chi connectivity index (χ0) is 15.1. The van der Waals surface area contributed by atoms with Crippen LogP contribution in [0.4, 0.5) is 0 Å². The van der Waals surface area contributed by atoms with Crippen molar-refractivity contribution >= 4 is 11.7 Å². The molecule has 110 valence electrons. The predicted octanol–water partition coefficient (Wildman–Crippen LogP) is 2.36. The SMILES string of the molecule is CCc1ccccc1OCC(=O)NC(C(C)=O)C(C)C. The van der Waals surface area contributed by atoms with Crippen LogP contribution in [-0.2, 0) is 16.0 Å². The Morgan fingerprint density at radius 3 is 2.45 bits per heavy atom. The van der Waals surface area contributed by atoms with Crippen molar-refractivity contribution in [2.75, 3.05) is 6.61 Å². The number of amides is 1. The van der Waals surface area contributed by atoms with Crippen LogP contribution in [0.3, 0.4) is 0 Å². The first kappa shape index (κ1) is 16.2. The molecule has 4 nitrogen and oxygen atoms in total. The summed E-state index contributed by atoms with van der Waals surface area (Å²) in [6.07, 6.45) is 0.847. The lowest BCUT2D eigenvalue weighted by Crippen LogP contribution is -2.45. The first-order valence-corrected chi connectivity index (χ1v) is 6.96. The van der Waals surface area contributed by atoms with E-state index in [1.807, 2.05) is 45.0 Å². The fourth-order valence-corrected chi connectivity index (χ4v) is 2.03. The van der Waals surface area contributed by atoms with Gasteiger partial charge in [0.1, 0.15) is 5.75 Å². The van der Waals surface area contributed by atoms with Gasteiger partial charge in [-0.2, -0.15) is 0 Å². The number of ketones is 1. The number of hydrogen-bond acceptors (Lipinski definition) is 3. The van der Waals surface area contributed by atoms with Crippen LogP contribution in [-0.4, -0.2) is 24.3 Å². The molecule has 1 amide bonds. The molecule has 0 saturated heterocycles. The average molecular weight is 277 g/mol. The number of nitrogens with one attached hydrogen (secondary N) is 1. The van der Waals surface area contributed by atoms with E-state index in [0.29, 0.717) is 5.75 Å². The van der Waals surface area contributed by atoms with Crippen molar-refractivity contribution < 1.29 is 14.3 Å². The zero-order valence-electron chi connectivity index (χ0n) is 12.6. The fourth-order valence-electron chi connectivity index (χ4n) is 2.03. The Kier molecular flexibility index (Phi) is 6.22. The maximum Gasteiger partial charge on any atom is 0.258 e. The lowest BCUT2D eigenvalue weighted by Gasteiger charge is -2.19. The molecule has 0 aromatic heterocycles. The summed E-state index contributed by atoms with van der Waals surface area (Å²) in [6.45, 7) is 7.25. The molecule has 0 fully saturated rings. The second-order valence-corrected chi connectivity index (χ2v) is 5.15. The number of Topliss-reactive ketones (excluding diaryl/α,β-unsaturated/α-hetero) is 1. The second kappa shape index (κ2) is 7.68. The van der Waals surface area contributed by atoms with E-state index in [9.17, 15) is 9.59 Å². The Morgan fingerprint density at radius 2 is 1.90 bits per heavy atom. The number of rotatable bonds is 7. The Bertz CT molecular complexity index is 469. The highest BCUT2D eigenvalue weighted by atomic mass is 16.5. The molecule has 0 heterocycles. The van der Waals surface area contributed by atoms with Crippen molar-refractivity contribution in [3.63, 3.8) is 0 Å². The normalized spacial score (nSPS) is 12.1. The Hall–Kier alpha value is -1.84. The first-order valence-electron chi connectivity index (χ1n) is 6.96. The topological polar surface area (TPSA) is 55.4 Å². The van der Waals surface area contributed by atoms with Gasteiger partial charge in [0, 0.05) is 0 Å². The van der Waals surface area contributed by atoms with Crippen LogP contribution in [0.25, 0.3) is 0 Å². The van der Waals surface area contributed by atoms with E-state index in [1.165, 1.54) is 6.92 Å². The summed E-state index contributed by atoms with van der Waals surface area (Å²) in [6, 6.07) is 7.18. The van der Waals surface area contributed by atoms with Gasteiger partial charge in [0.2, 0.25) is 0 Å². The van der Waals surface area contributed by atoms with Gasteiger partial charge in [0.25, 0.3) is 5.91 Å². The van der Waals surface area contributed by atoms with Crippen molar-refractivity contribution in [1.29, 1.82) is 0 Å². The molecule has 1 unspecified atom stereocenters. The van der Waals surface area contributed by atoms with Crippen LogP contribution >= 0.6 is 0 Å². The van der Waals surface area contributed by atoms with E-state index < -0.39 is 6.04 Å². The minimum absolute atomic E-state index is 0.0395. The molecule has 0 aliphatic carbocycles. The summed E-state index contributed by atoms with van der Waals surface area (Å²) >= 11 is 0. The van der Waals surface area contributed by atoms with Gasteiger partial charge in [0.15, 0.2) is 12.4 Å². The van der Waals surface area contributed by atoms with Crippen molar-refractivity contribution in [2.45, 2.75) is 40.2 Å². The number of ether oxygens (including phenoxy) is 1. The van der Waals surface area contributed by atoms with Crippen LogP contribution in [0.2, 0.25) is 0 Å². The highest BCUT2D eigenvalue weighted by Gasteiger charge is 2.20. The standard InChI is InChI=1S/C16H23NO3/c1-5-13-8-6-7-9-14(13)20-10-15(19)17-16(11(2)3)12(4)18/h6-9,11,16H,5,10H2,1-4H3,(H,17,19). The van der Waals surface area contributed by atoms with E-state index >= 15 is 0 Å². The highest BCUT2D eigenvalue weighted by molar-refractivity contribution is 5.88. The van der Waals surface area contributed by atoms with E-state index in [-0.39, 0.29) is 24.2 Å². The second-order valence-electron chi connectivity index (χ2n) is 5.15. The Balaban J connectivity index is 2.57. The van der Waals surface area contributed by atoms with Crippen LogP contribution in [0.15, 0.2) is 24.3 Å². The maximum atomic E-state index is 11.8. The lowest BCUT2D eigenvalue weighted by atomic mass is 10.0. The molecular formula is C16H23NO3. The van der Waals surface area contributed by atoms with Crippen LogP contribution in [0.1, 0.15) is 33.3 Å². The number of carbonyl (C=O) groups is 2. The van der Waals surface area contributed by atoms with Crippen LogP contribution in [0.5, 0.6) is 5.75 Å². The lowest BCUT2D eigenvalue weighted by molar-refractivity contribution is -0.129. The number of para-hydroxylation sites is 1. The van der Waals surface area contributed by atoms with Gasteiger partial charge in [-0.05, 0) is 30.9 Å². The fraction of sp³-hybridized carbons (Fsp3) is 0.500. The Morgan fingerprint density at radius 1 is 1.25 bits per heavy atom. The minimum atomic E-state index is -0.451. The van der Waals surface area contributed by atoms with Gasteiger partial charge in [-0.15, -0.1) is 0 Å². The summed E-state index contributed by atoms with van der Waals surface area (Å²) in [4.78, 5) is 23.3. The van der Waals surface area contributed by atoms with Crippen molar-refractivity contribution in [3.05, 3.63) is 29.8 Å². The summed E-state index contributed by atoms with van der Waals surface area (Å²) in [5.41, 5.74) is 1.06. The van der Waals surface area contributed by atoms with Gasteiger partial charge in [-0.1, -0.05) is 39.0 Å². The molecule has 0 bridgehead atoms. The van der Waals surface area contributed by atoms with Gasteiger partial charge in [0.05, 0.1) is 6.04 Å². The average Bonchev–Trinajstić information content (AvgIpc) is 2.42. The molecule has 1 atom stereocenters. The van der Waals surface area contributed by atoms with Gasteiger partial charge in [-0.25, -0.2) is 0 Å². The first-order chi connectivity index (χ1) is 9.45. The van der Waals surface area contributed by atoms with Gasteiger partial charge < -0.3 is 10.1 Å². The quantitative estimate of drug-likeness (QED) is 0.832. The zero-order valence-corrected chi connectivity index (χ0v) is 12.6.